The molecule has 0 radical (unpaired) electrons. The molecule has 1 heterocycles. The molecule has 1 saturated carbocycles. The van der Waals surface area contributed by atoms with E-state index in [-0.39, 0.29) is 41.3 Å². The molecule has 0 unspecified atom stereocenters. The van der Waals surface area contributed by atoms with Crippen LogP contribution in [0.1, 0.15) is 25.3 Å². The lowest BCUT2D eigenvalue weighted by Gasteiger charge is -2.38. The fourth-order valence-electron chi connectivity index (χ4n) is 2.99. The van der Waals surface area contributed by atoms with E-state index in [4.69, 9.17) is 21.6 Å². The zero-order valence-corrected chi connectivity index (χ0v) is 14.9. The number of nitrogens with zero attached hydrogens (tertiary/aromatic N) is 3. The molecular weight excluding hydrogens is 369 g/mol. The zero-order chi connectivity index (χ0) is 18.9. The Labute approximate surface area is 154 Å². The molecule has 0 spiro atoms. The van der Waals surface area contributed by atoms with Crippen molar-refractivity contribution in [2.45, 2.75) is 31.5 Å². The summed E-state index contributed by atoms with van der Waals surface area (Å²) in [4.78, 5) is 5.01. The van der Waals surface area contributed by atoms with Crippen LogP contribution in [0.2, 0.25) is 5.02 Å². The van der Waals surface area contributed by atoms with E-state index in [2.05, 4.69) is 10.3 Å². The Balaban J connectivity index is 2.17. The van der Waals surface area contributed by atoms with Gasteiger partial charge in [-0.15, -0.1) is 4.99 Å². The van der Waals surface area contributed by atoms with Crippen LogP contribution in [-0.4, -0.2) is 36.7 Å². The number of aliphatic imine (C=N–C) groups is 1. The van der Waals surface area contributed by atoms with Gasteiger partial charge >= 0.3 is 6.18 Å². The van der Waals surface area contributed by atoms with Crippen molar-refractivity contribution in [3.8, 4) is 6.19 Å². The van der Waals surface area contributed by atoms with Crippen LogP contribution in [0.3, 0.4) is 0 Å². The molecule has 1 aromatic rings. The van der Waals surface area contributed by atoms with Gasteiger partial charge in [0.05, 0.1) is 13.2 Å². The van der Waals surface area contributed by atoms with Crippen LogP contribution >= 0.6 is 11.6 Å². The number of halogens is 4. The summed E-state index contributed by atoms with van der Waals surface area (Å²) in [5.74, 6) is 0.204. The number of nitrogens with one attached hydrogen (secondary N) is 1. The predicted octanol–water partition coefficient (Wildman–Crippen LogP) is 4.11. The van der Waals surface area contributed by atoms with Crippen molar-refractivity contribution in [2.75, 3.05) is 25.0 Å². The summed E-state index contributed by atoms with van der Waals surface area (Å²) in [7, 11) is 0. The first kappa shape index (κ1) is 18.8. The molecule has 2 aliphatic rings. The molecule has 0 saturated heterocycles. The highest BCUT2D eigenvalue weighted by Crippen LogP contribution is 2.48. The number of hydrogen-bond donors (Lipinski definition) is 1. The highest BCUT2D eigenvalue weighted by atomic mass is 35.5. The van der Waals surface area contributed by atoms with E-state index in [0.29, 0.717) is 0 Å². The number of guanidine groups is 1. The molecule has 140 valence electrons. The molecule has 5 nitrogen and oxygen atoms in total. The molecule has 1 atom stereocenters. The fraction of sp³-hybridized carbons (Fsp3) is 0.529. The van der Waals surface area contributed by atoms with Gasteiger partial charge < -0.3 is 15.0 Å². The molecule has 0 amide bonds. The first-order valence-corrected chi connectivity index (χ1v) is 8.68. The van der Waals surface area contributed by atoms with Gasteiger partial charge in [0.2, 0.25) is 17.8 Å². The molecular formula is C17H18ClF3N4O. The van der Waals surface area contributed by atoms with Gasteiger partial charge in [0.1, 0.15) is 0 Å². The quantitative estimate of drug-likeness (QED) is 0.791. The van der Waals surface area contributed by atoms with Gasteiger partial charge in [0.25, 0.3) is 0 Å². The first-order chi connectivity index (χ1) is 12.3. The monoisotopic (exact) mass is 386 g/mol. The fourth-order valence-corrected chi connectivity index (χ4v) is 3.16. The zero-order valence-electron chi connectivity index (χ0n) is 14.1. The Morgan fingerprint density at radius 1 is 1.46 bits per heavy atom. The normalized spacial score (nSPS) is 24.6. The molecule has 1 aliphatic heterocycles. The van der Waals surface area contributed by atoms with Crippen LogP contribution in [0.15, 0.2) is 23.2 Å². The van der Waals surface area contributed by atoms with Gasteiger partial charge in [-0.05, 0) is 43.9 Å². The van der Waals surface area contributed by atoms with Crippen molar-refractivity contribution in [1.82, 2.24) is 4.90 Å². The molecule has 1 aromatic carbocycles. The summed E-state index contributed by atoms with van der Waals surface area (Å²) in [6, 6.07) is 4.21. The highest BCUT2D eigenvalue weighted by molar-refractivity contribution is 6.30. The summed E-state index contributed by atoms with van der Waals surface area (Å²) in [6.45, 7) is 1.42. The standard InChI is InChI=1S/C17H18ClF3N4O/c1-2-25-9-16(17(19,20)21,26-8-11-3-4-11)13-7-12(18)5-6-14(13)24-15(25)23-10-22/h5-7,11H,2-4,8-9H2,1H3,(H,23,24)/t16-/m1/s1. The Bertz CT molecular complexity index is 757. The first-order valence-electron chi connectivity index (χ1n) is 8.30. The summed E-state index contributed by atoms with van der Waals surface area (Å²) in [6.07, 6.45) is -1.31. The summed E-state index contributed by atoms with van der Waals surface area (Å²) in [5, 5.41) is 11.9. The second-order valence-corrected chi connectivity index (χ2v) is 6.88. The Morgan fingerprint density at radius 2 is 2.19 bits per heavy atom. The molecule has 9 heteroatoms. The Kier molecular flexibility index (Phi) is 5.04. The molecule has 0 aromatic heterocycles. The minimum atomic E-state index is -4.68. The molecule has 1 fully saturated rings. The number of hydrogen-bond acceptors (Lipinski definition) is 3. The van der Waals surface area contributed by atoms with E-state index in [9.17, 15) is 13.2 Å². The van der Waals surface area contributed by atoms with Crippen LogP contribution in [0.4, 0.5) is 18.9 Å². The van der Waals surface area contributed by atoms with Crippen molar-refractivity contribution in [2.24, 2.45) is 10.9 Å². The average molecular weight is 387 g/mol. The van der Waals surface area contributed by atoms with Gasteiger partial charge in [0.15, 0.2) is 0 Å². The third-order valence-corrected chi connectivity index (χ3v) is 4.87. The second-order valence-electron chi connectivity index (χ2n) is 6.44. The Morgan fingerprint density at radius 3 is 2.77 bits per heavy atom. The van der Waals surface area contributed by atoms with Crippen LogP contribution in [0.25, 0.3) is 0 Å². The SMILES string of the molecule is CCN1C[C@](OCC2CC2)(C(F)(F)F)c2cc(Cl)ccc2N/C1=N\C#N. The van der Waals surface area contributed by atoms with Crippen LogP contribution in [-0.2, 0) is 10.3 Å². The van der Waals surface area contributed by atoms with Crippen molar-refractivity contribution >= 4 is 23.2 Å². The average Bonchev–Trinajstić information content (AvgIpc) is 3.40. The third-order valence-electron chi connectivity index (χ3n) is 4.63. The van der Waals surface area contributed by atoms with E-state index in [1.165, 1.54) is 23.1 Å². The van der Waals surface area contributed by atoms with Crippen LogP contribution in [0.5, 0.6) is 0 Å². The Hall–Kier alpha value is -1.98. The molecule has 26 heavy (non-hydrogen) atoms. The molecule has 3 rings (SSSR count). The van der Waals surface area contributed by atoms with Gasteiger partial charge in [-0.2, -0.15) is 18.4 Å². The minimum Gasteiger partial charge on any atom is -0.359 e. The highest BCUT2D eigenvalue weighted by Gasteiger charge is 2.60. The van der Waals surface area contributed by atoms with Crippen molar-refractivity contribution in [1.29, 1.82) is 5.26 Å². The third kappa shape index (κ3) is 3.46. The van der Waals surface area contributed by atoms with E-state index in [1.807, 2.05) is 0 Å². The van der Waals surface area contributed by atoms with Gasteiger partial charge in [0, 0.05) is 22.8 Å². The van der Waals surface area contributed by atoms with Crippen LogP contribution in [0, 0.1) is 17.4 Å². The maximum absolute atomic E-state index is 14.4. The lowest BCUT2D eigenvalue weighted by Crippen LogP contribution is -2.53. The predicted molar refractivity (Wildman–Crippen MR) is 91.8 cm³/mol. The van der Waals surface area contributed by atoms with Gasteiger partial charge in [-0.1, -0.05) is 11.6 Å². The molecule has 1 N–H and O–H groups in total. The van der Waals surface area contributed by atoms with Crippen LogP contribution < -0.4 is 5.32 Å². The van der Waals surface area contributed by atoms with E-state index in [1.54, 1.807) is 13.1 Å². The number of alkyl halides is 3. The van der Waals surface area contributed by atoms with Crippen molar-refractivity contribution in [3.05, 3.63) is 28.8 Å². The maximum atomic E-state index is 14.4. The second kappa shape index (κ2) is 6.97. The summed E-state index contributed by atoms with van der Waals surface area (Å²) < 4.78 is 48.6. The number of anilines is 1. The van der Waals surface area contributed by atoms with Crippen molar-refractivity contribution in [3.63, 3.8) is 0 Å². The topological polar surface area (TPSA) is 60.6 Å². The van der Waals surface area contributed by atoms with E-state index >= 15 is 0 Å². The molecule has 1 aliphatic carbocycles. The number of benzene rings is 1. The lowest BCUT2D eigenvalue weighted by atomic mass is 9.90. The number of rotatable bonds is 4. The number of likely N-dealkylation sites (N-methyl/N-ethyl adjacent to an activating group) is 1. The largest absolute Gasteiger partial charge is 0.423 e. The van der Waals surface area contributed by atoms with E-state index in [0.717, 1.165) is 12.8 Å². The summed E-state index contributed by atoms with van der Waals surface area (Å²) in [5.41, 5.74) is -2.49. The van der Waals surface area contributed by atoms with Gasteiger partial charge in [-0.3, -0.25) is 0 Å². The maximum Gasteiger partial charge on any atom is 0.423 e. The number of fused-ring (bicyclic) bond motifs is 1. The summed E-state index contributed by atoms with van der Waals surface area (Å²) >= 11 is 6.00. The van der Waals surface area contributed by atoms with E-state index < -0.39 is 18.3 Å². The number of ether oxygens (including phenoxy) is 1. The smallest absolute Gasteiger partial charge is 0.359 e. The van der Waals surface area contributed by atoms with Crippen molar-refractivity contribution < 1.29 is 17.9 Å². The molecule has 0 bridgehead atoms. The number of nitriles is 1. The minimum absolute atomic E-state index is 0.0216. The lowest BCUT2D eigenvalue weighted by molar-refractivity contribution is -0.288. The van der Waals surface area contributed by atoms with Gasteiger partial charge in [-0.25, -0.2) is 0 Å².